The number of carbonyl (C=O) groups is 1. The predicted molar refractivity (Wildman–Crippen MR) is 50.9 cm³/mol. The van der Waals surface area contributed by atoms with Gasteiger partial charge in [-0.2, -0.15) is 0 Å². The Hall–Kier alpha value is -0.850. The fourth-order valence-electron chi connectivity index (χ4n) is 1.62. The second-order valence-electron chi connectivity index (χ2n) is 3.57. The monoisotopic (exact) mass is 164 g/mol. The molecule has 1 nitrogen and oxygen atoms in total. The van der Waals surface area contributed by atoms with Crippen LogP contribution >= 0.6 is 0 Å². The van der Waals surface area contributed by atoms with Crippen molar-refractivity contribution in [1.82, 2.24) is 0 Å². The minimum atomic E-state index is 0.610. The van der Waals surface area contributed by atoms with Gasteiger partial charge < -0.3 is 0 Å². The first-order chi connectivity index (χ1) is 5.74. The molecule has 0 aromatic heterocycles. The fourth-order valence-corrected chi connectivity index (χ4v) is 1.62. The molecule has 0 fully saturated rings. The first kappa shape index (κ1) is 9.24. The SMILES string of the molecule is CC1=CC[C@@H](/C(C)=C/C=O)CC1. The summed E-state index contributed by atoms with van der Waals surface area (Å²) in [5.74, 6) is 0.610. The number of hydrogen-bond acceptors (Lipinski definition) is 1. The molecule has 0 aromatic carbocycles. The molecule has 0 unspecified atom stereocenters. The average molecular weight is 164 g/mol. The van der Waals surface area contributed by atoms with E-state index in [0.717, 1.165) is 12.7 Å². The van der Waals surface area contributed by atoms with Crippen LogP contribution in [0.2, 0.25) is 0 Å². The lowest BCUT2D eigenvalue weighted by Crippen LogP contribution is -2.06. The van der Waals surface area contributed by atoms with E-state index < -0.39 is 0 Å². The zero-order valence-corrected chi connectivity index (χ0v) is 7.84. The Morgan fingerprint density at radius 1 is 1.67 bits per heavy atom. The Morgan fingerprint density at radius 2 is 2.42 bits per heavy atom. The summed E-state index contributed by atoms with van der Waals surface area (Å²) >= 11 is 0. The van der Waals surface area contributed by atoms with Gasteiger partial charge in [0.1, 0.15) is 6.29 Å². The Morgan fingerprint density at radius 3 is 2.92 bits per heavy atom. The van der Waals surface area contributed by atoms with Gasteiger partial charge in [-0.3, -0.25) is 4.79 Å². The molecule has 66 valence electrons. The number of allylic oxidation sites excluding steroid dienone is 4. The molecule has 0 saturated heterocycles. The van der Waals surface area contributed by atoms with Crippen molar-refractivity contribution in [3.63, 3.8) is 0 Å². The van der Waals surface area contributed by atoms with Gasteiger partial charge in [-0.1, -0.05) is 17.2 Å². The molecule has 0 radical (unpaired) electrons. The van der Waals surface area contributed by atoms with Gasteiger partial charge in [-0.05, 0) is 45.1 Å². The topological polar surface area (TPSA) is 17.1 Å². The van der Waals surface area contributed by atoms with E-state index in [1.165, 1.54) is 24.0 Å². The molecule has 1 heteroatoms. The maximum atomic E-state index is 10.2. The van der Waals surface area contributed by atoms with Crippen LogP contribution in [0.1, 0.15) is 33.1 Å². The minimum absolute atomic E-state index is 0.610. The van der Waals surface area contributed by atoms with Gasteiger partial charge in [-0.25, -0.2) is 0 Å². The van der Waals surface area contributed by atoms with Gasteiger partial charge in [0.25, 0.3) is 0 Å². The molecule has 1 aliphatic carbocycles. The molecule has 1 aliphatic rings. The summed E-state index contributed by atoms with van der Waals surface area (Å²) in [5, 5.41) is 0. The molecular formula is C11H16O. The summed E-state index contributed by atoms with van der Waals surface area (Å²) in [7, 11) is 0. The first-order valence-electron chi connectivity index (χ1n) is 4.51. The molecule has 0 N–H and O–H groups in total. The predicted octanol–water partition coefficient (Wildman–Crippen LogP) is 2.88. The molecule has 1 atom stereocenters. The van der Waals surface area contributed by atoms with E-state index in [0.29, 0.717) is 5.92 Å². The summed E-state index contributed by atoms with van der Waals surface area (Å²) in [5.41, 5.74) is 2.72. The van der Waals surface area contributed by atoms with Crippen molar-refractivity contribution in [3.05, 3.63) is 23.3 Å². The number of aldehydes is 1. The van der Waals surface area contributed by atoms with Crippen LogP contribution in [-0.4, -0.2) is 6.29 Å². The fraction of sp³-hybridized carbons (Fsp3) is 0.545. The van der Waals surface area contributed by atoms with Crippen molar-refractivity contribution in [2.75, 3.05) is 0 Å². The van der Waals surface area contributed by atoms with E-state index in [9.17, 15) is 4.79 Å². The van der Waals surface area contributed by atoms with Crippen molar-refractivity contribution in [1.29, 1.82) is 0 Å². The molecule has 1 rings (SSSR count). The lowest BCUT2D eigenvalue weighted by Gasteiger charge is -2.20. The standard InChI is InChI=1S/C11H16O/c1-9-3-5-11(6-4-9)10(2)7-8-12/h3,7-8,11H,4-6H2,1-2H3/b10-7+/t11-/m1/s1. The molecule has 0 saturated carbocycles. The Kier molecular flexibility index (Phi) is 3.27. The van der Waals surface area contributed by atoms with Crippen LogP contribution in [0.15, 0.2) is 23.3 Å². The van der Waals surface area contributed by atoms with Gasteiger partial charge in [0.15, 0.2) is 0 Å². The van der Waals surface area contributed by atoms with Crippen molar-refractivity contribution in [2.24, 2.45) is 5.92 Å². The Bertz CT molecular complexity index is 223. The molecule has 0 amide bonds. The van der Waals surface area contributed by atoms with Gasteiger partial charge in [0.05, 0.1) is 0 Å². The molecule has 0 bridgehead atoms. The largest absolute Gasteiger partial charge is 0.299 e. The minimum Gasteiger partial charge on any atom is -0.299 e. The maximum absolute atomic E-state index is 10.2. The number of rotatable bonds is 2. The third-order valence-electron chi connectivity index (χ3n) is 2.61. The van der Waals surface area contributed by atoms with Crippen molar-refractivity contribution >= 4 is 6.29 Å². The second kappa shape index (κ2) is 4.24. The molecule has 0 heterocycles. The van der Waals surface area contributed by atoms with Gasteiger partial charge >= 0.3 is 0 Å². The van der Waals surface area contributed by atoms with E-state index in [4.69, 9.17) is 0 Å². The van der Waals surface area contributed by atoms with E-state index in [-0.39, 0.29) is 0 Å². The number of carbonyl (C=O) groups excluding carboxylic acids is 1. The lowest BCUT2D eigenvalue weighted by atomic mass is 9.85. The third kappa shape index (κ3) is 2.33. The summed E-state index contributed by atoms with van der Waals surface area (Å²) in [6, 6.07) is 0. The summed E-state index contributed by atoms with van der Waals surface area (Å²) in [6.45, 7) is 4.22. The summed E-state index contributed by atoms with van der Waals surface area (Å²) < 4.78 is 0. The zero-order valence-electron chi connectivity index (χ0n) is 7.84. The maximum Gasteiger partial charge on any atom is 0.142 e. The van der Waals surface area contributed by atoms with E-state index in [2.05, 4.69) is 13.0 Å². The zero-order chi connectivity index (χ0) is 8.97. The van der Waals surface area contributed by atoms with Crippen LogP contribution < -0.4 is 0 Å². The van der Waals surface area contributed by atoms with E-state index in [1.54, 1.807) is 6.08 Å². The molecule has 12 heavy (non-hydrogen) atoms. The smallest absolute Gasteiger partial charge is 0.142 e. The van der Waals surface area contributed by atoms with E-state index >= 15 is 0 Å². The lowest BCUT2D eigenvalue weighted by molar-refractivity contribution is -0.104. The third-order valence-corrected chi connectivity index (χ3v) is 2.61. The molecule has 0 aromatic rings. The molecule has 0 aliphatic heterocycles. The van der Waals surface area contributed by atoms with Crippen LogP contribution in [0.25, 0.3) is 0 Å². The van der Waals surface area contributed by atoms with Crippen LogP contribution in [0.5, 0.6) is 0 Å². The van der Waals surface area contributed by atoms with Crippen molar-refractivity contribution in [3.8, 4) is 0 Å². The molecular weight excluding hydrogens is 148 g/mol. The van der Waals surface area contributed by atoms with Crippen molar-refractivity contribution < 1.29 is 4.79 Å². The van der Waals surface area contributed by atoms with Gasteiger partial charge in [-0.15, -0.1) is 0 Å². The quantitative estimate of drug-likeness (QED) is 0.348. The van der Waals surface area contributed by atoms with Crippen LogP contribution in [0, 0.1) is 5.92 Å². The average Bonchev–Trinajstić information content (AvgIpc) is 2.06. The van der Waals surface area contributed by atoms with Crippen LogP contribution in [-0.2, 0) is 4.79 Å². The number of hydrogen-bond donors (Lipinski definition) is 0. The van der Waals surface area contributed by atoms with Gasteiger partial charge in [0, 0.05) is 0 Å². The highest BCUT2D eigenvalue weighted by atomic mass is 16.1. The van der Waals surface area contributed by atoms with Crippen molar-refractivity contribution in [2.45, 2.75) is 33.1 Å². The van der Waals surface area contributed by atoms with Crippen LogP contribution in [0.4, 0.5) is 0 Å². The Labute approximate surface area is 74.2 Å². The highest BCUT2D eigenvalue weighted by Gasteiger charge is 2.13. The highest BCUT2D eigenvalue weighted by Crippen LogP contribution is 2.28. The summed E-state index contributed by atoms with van der Waals surface area (Å²) in [4.78, 5) is 10.2. The van der Waals surface area contributed by atoms with E-state index in [1.807, 2.05) is 6.92 Å². The van der Waals surface area contributed by atoms with Gasteiger partial charge in [0.2, 0.25) is 0 Å². The summed E-state index contributed by atoms with van der Waals surface area (Å²) in [6.07, 6.45) is 8.38. The highest BCUT2D eigenvalue weighted by molar-refractivity contribution is 5.66. The molecule has 0 spiro atoms. The second-order valence-corrected chi connectivity index (χ2v) is 3.57. The Balaban J connectivity index is 2.56. The normalized spacial score (nSPS) is 25.0. The van der Waals surface area contributed by atoms with Crippen LogP contribution in [0.3, 0.4) is 0 Å². The first-order valence-corrected chi connectivity index (χ1v) is 4.51.